The maximum absolute atomic E-state index is 11.1. The van der Waals surface area contributed by atoms with Crippen LogP contribution >= 0.6 is 0 Å². The number of benzene rings is 2. The average Bonchev–Trinajstić information content (AvgIpc) is 2.66. The molecule has 0 aliphatic heterocycles. The molecule has 166 valence electrons. The van der Waals surface area contributed by atoms with Gasteiger partial charge in [-0.2, -0.15) is 4.57 Å². The van der Waals surface area contributed by atoms with Gasteiger partial charge in [0, 0.05) is 50.4 Å². The Hall–Kier alpha value is -3.30. The van der Waals surface area contributed by atoms with E-state index >= 15 is 0 Å². The van der Waals surface area contributed by atoms with E-state index in [1.54, 1.807) is 26.4 Å². The van der Waals surface area contributed by atoms with E-state index in [1.807, 2.05) is 24.3 Å². The number of carbonyl (C=O) groups is 1. The second-order valence-electron chi connectivity index (χ2n) is 6.58. The van der Waals surface area contributed by atoms with E-state index in [-0.39, 0.29) is 5.97 Å². The molecule has 0 radical (unpaired) electrons. The van der Waals surface area contributed by atoms with E-state index in [1.165, 1.54) is 6.92 Å². The summed E-state index contributed by atoms with van der Waals surface area (Å²) in [6.07, 6.45) is 0. The fraction of sp³-hybridized carbons (Fsp3) is 0.238. The van der Waals surface area contributed by atoms with Gasteiger partial charge in [-0.3, -0.25) is 4.79 Å². The zero-order valence-electron chi connectivity index (χ0n) is 17.7. The van der Waals surface area contributed by atoms with Gasteiger partial charge in [-0.1, -0.05) is 0 Å². The normalized spacial score (nSPS) is 10.9. The number of carbonyl (C=O) groups excluding carboxylic acids is 1. The van der Waals surface area contributed by atoms with Crippen molar-refractivity contribution in [3.05, 3.63) is 53.9 Å². The van der Waals surface area contributed by atoms with Crippen LogP contribution in [0.25, 0.3) is 16.5 Å². The number of pyridine rings is 1. The van der Waals surface area contributed by atoms with Crippen LogP contribution in [-0.2, 0) is 4.79 Å². The molecule has 0 spiro atoms. The highest BCUT2D eigenvalue weighted by molar-refractivity contribution is 6.50. The van der Waals surface area contributed by atoms with Gasteiger partial charge in [0.25, 0.3) is 0 Å². The first-order chi connectivity index (χ1) is 14.4. The number of halogens is 4. The smallest absolute Gasteiger partial charge is 0.497 e. The molecule has 0 bridgehead atoms. The number of esters is 1. The fourth-order valence-corrected chi connectivity index (χ4v) is 3.28. The fourth-order valence-electron chi connectivity index (χ4n) is 3.28. The Bertz CT molecular complexity index is 1080. The molecular formula is C21H22BF4NO4. The van der Waals surface area contributed by atoms with Crippen LogP contribution in [0.15, 0.2) is 42.5 Å². The molecule has 2 aromatic carbocycles. The van der Waals surface area contributed by atoms with Crippen LogP contribution in [0.5, 0.6) is 17.2 Å². The monoisotopic (exact) mass is 439 g/mol. The average molecular weight is 439 g/mol. The molecule has 0 aliphatic carbocycles. The first kappa shape index (κ1) is 24.0. The summed E-state index contributed by atoms with van der Waals surface area (Å²) in [7, 11) is -2.69. The highest BCUT2D eigenvalue weighted by Crippen LogP contribution is 2.33. The van der Waals surface area contributed by atoms with Crippen LogP contribution in [0.3, 0.4) is 0 Å². The second kappa shape index (κ2) is 9.68. The van der Waals surface area contributed by atoms with Crippen molar-refractivity contribution in [1.29, 1.82) is 0 Å². The first-order valence-electron chi connectivity index (χ1n) is 9.18. The summed E-state index contributed by atoms with van der Waals surface area (Å²) in [5.41, 5.74) is 3.11. The minimum absolute atomic E-state index is 0.331. The Morgan fingerprint density at radius 3 is 1.97 bits per heavy atom. The highest BCUT2D eigenvalue weighted by atomic mass is 19.5. The topological polar surface area (TPSA) is 48.6 Å². The number of hydrogen-bond acceptors (Lipinski definition) is 4. The molecule has 1 aromatic heterocycles. The lowest BCUT2D eigenvalue weighted by molar-refractivity contribution is -0.607. The summed E-state index contributed by atoms with van der Waals surface area (Å²) < 4.78 is 57.2. The number of fused-ring (bicyclic) bond motifs is 1. The maximum atomic E-state index is 11.1. The van der Waals surface area contributed by atoms with Crippen molar-refractivity contribution in [2.75, 3.05) is 14.2 Å². The predicted molar refractivity (Wildman–Crippen MR) is 110 cm³/mol. The lowest BCUT2D eigenvalue weighted by Gasteiger charge is -2.12. The number of methoxy groups -OCH3 is 2. The van der Waals surface area contributed by atoms with E-state index in [4.69, 9.17) is 14.2 Å². The summed E-state index contributed by atoms with van der Waals surface area (Å²) in [6, 6.07) is 13.4. The molecule has 0 fully saturated rings. The molecule has 0 amide bonds. The second-order valence-corrected chi connectivity index (χ2v) is 6.58. The van der Waals surface area contributed by atoms with E-state index in [2.05, 4.69) is 24.5 Å². The lowest BCUT2D eigenvalue weighted by atomic mass is 10.1. The molecule has 0 atom stereocenters. The van der Waals surface area contributed by atoms with Crippen molar-refractivity contribution in [2.45, 2.75) is 20.8 Å². The van der Waals surface area contributed by atoms with Crippen molar-refractivity contribution in [2.24, 2.45) is 0 Å². The minimum Gasteiger partial charge on any atom is -0.497 e. The Kier molecular flexibility index (Phi) is 7.48. The van der Waals surface area contributed by atoms with Gasteiger partial charge >= 0.3 is 13.2 Å². The van der Waals surface area contributed by atoms with Gasteiger partial charge in [-0.25, -0.2) is 0 Å². The third-order valence-corrected chi connectivity index (χ3v) is 4.33. The highest BCUT2D eigenvalue weighted by Gasteiger charge is 2.22. The number of hydrogen-bond donors (Lipinski definition) is 0. The number of ether oxygens (including phenoxy) is 3. The van der Waals surface area contributed by atoms with Gasteiger partial charge in [-0.15, -0.1) is 0 Å². The van der Waals surface area contributed by atoms with Crippen LogP contribution in [0.2, 0.25) is 0 Å². The van der Waals surface area contributed by atoms with Crippen molar-refractivity contribution < 1.29 is 40.8 Å². The van der Waals surface area contributed by atoms with Crippen molar-refractivity contribution in [3.63, 3.8) is 0 Å². The van der Waals surface area contributed by atoms with E-state index in [0.29, 0.717) is 5.75 Å². The van der Waals surface area contributed by atoms with Gasteiger partial charge < -0.3 is 31.5 Å². The molecular weight excluding hydrogens is 417 g/mol. The standard InChI is InChI=1S/C21H22NO4.BF4/c1-13-10-16-11-19(24-4)12-20(25-5)21(16)14(2)22(13)17-6-8-18(9-7-17)26-15(3)23;2-1(3,4)5/h6-12H,1-5H3;/q+1;-1. The quantitative estimate of drug-likeness (QED) is 0.189. The zero-order valence-corrected chi connectivity index (χ0v) is 17.7. The summed E-state index contributed by atoms with van der Waals surface area (Å²) in [4.78, 5) is 11.1. The molecule has 0 saturated heterocycles. The Morgan fingerprint density at radius 2 is 1.48 bits per heavy atom. The van der Waals surface area contributed by atoms with Crippen LogP contribution in [0.4, 0.5) is 17.3 Å². The first-order valence-corrected chi connectivity index (χ1v) is 9.18. The largest absolute Gasteiger partial charge is 0.673 e. The van der Waals surface area contributed by atoms with Gasteiger partial charge in [0.2, 0.25) is 5.69 Å². The summed E-state index contributed by atoms with van der Waals surface area (Å²) in [6.45, 7) is 5.50. The molecule has 0 unspecified atom stereocenters. The maximum Gasteiger partial charge on any atom is 0.673 e. The van der Waals surface area contributed by atoms with Crippen LogP contribution < -0.4 is 18.8 Å². The molecule has 1 heterocycles. The Morgan fingerprint density at radius 1 is 0.903 bits per heavy atom. The zero-order chi connectivity index (χ0) is 23.3. The molecule has 0 N–H and O–H groups in total. The van der Waals surface area contributed by atoms with Crippen molar-refractivity contribution in [3.8, 4) is 22.9 Å². The molecule has 10 heteroatoms. The van der Waals surface area contributed by atoms with Crippen molar-refractivity contribution >= 4 is 24.0 Å². The predicted octanol–water partition coefficient (Wildman–Crippen LogP) is 4.98. The van der Waals surface area contributed by atoms with Crippen LogP contribution in [-0.4, -0.2) is 27.4 Å². The Balaban J connectivity index is 0.000000614. The van der Waals surface area contributed by atoms with Gasteiger partial charge in [-0.05, 0) is 18.2 Å². The molecule has 0 aliphatic rings. The van der Waals surface area contributed by atoms with Crippen LogP contribution in [0.1, 0.15) is 18.3 Å². The Labute approximate surface area is 177 Å². The molecule has 3 rings (SSSR count). The number of aryl methyl sites for hydroxylation is 2. The van der Waals surface area contributed by atoms with Gasteiger partial charge in [0.1, 0.15) is 17.2 Å². The van der Waals surface area contributed by atoms with Crippen LogP contribution in [0, 0.1) is 13.8 Å². The third-order valence-electron chi connectivity index (χ3n) is 4.33. The minimum atomic E-state index is -6.00. The molecule has 0 saturated carbocycles. The lowest BCUT2D eigenvalue weighted by Crippen LogP contribution is -2.37. The van der Waals surface area contributed by atoms with E-state index in [9.17, 15) is 22.1 Å². The van der Waals surface area contributed by atoms with Gasteiger partial charge in [0.15, 0.2) is 11.4 Å². The number of nitrogens with zero attached hydrogens (tertiary/aromatic N) is 1. The summed E-state index contributed by atoms with van der Waals surface area (Å²) in [5, 5.41) is 2.09. The van der Waals surface area contributed by atoms with Gasteiger partial charge in [0.05, 0.1) is 19.6 Å². The van der Waals surface area contributed by atoms with E-state index < -0.39 is 7.25 Å². The number of aromatic nitrogens is 1. The SMILES string of the molecule is COc1cc(OC)c2c(C)[n+](-c3ccc(OC(C)=O)cc3)c(C)cc2c1.F[B-](F)(F)F. The van der Waals surface area contributed by atoms with E-state index in [0.717, 1.165) is 39.3 Å². The summed E-state index contributed by atoms with van der Waals surface area (Å²) >= 11 is 0. The third kappa shape index (κ3) is 6.34. The number of rotatable bonds is 4. The van der Waals surface area contributed by atoms with Crippen molar-refractivity contribution in [1.82, 2.24) is 0 Å². The molecule has 31 heavy (non-hydrogen) atoms. The summed E-state index contributed by atoms with van der Waals surface area (Å²) in [5.74, 6) is 1.72. The molecule has 5 nitrogen and oxygen atoms in total. The molecule has 3 aromatic rings.